The molecule has 0 radical (unpaired) electrons. The molecule has 4 N–H and O–H groups in total. The van der Waals surface area contributed by atoms with Gasteiger partial charge in [-0.2, -0.15) is 0 Å². The highest BCUT2D eigenvalue weighted by Crippen LogP contribution is 2.28. The first-order chi connectivity index (χ1) is 7.38. The number of nitrogens with zero attached hydrogens (tertiary/aromatic N) is 1. The molecule has 1 aliphatic rings. The second kappa shape index (κ2) is 4.79. The van der Waals surface area contributed by atoms with Crippen LogP contribution in [0.25, 0.3) is 0 Å². The minimum Gasteiger partial charge on any atom is -0.325 e. The van der Waals surface area contributed by atoms with Gasteiger partial charge in [-0.3, -0.25) is 10.4 Å². The van der Waals surface area contributed by atoms with Gasteiger partial charge in [-0.25, -0.2) is 5.84 Å². The van der Waals surface area contributed by atoms with Crippen LogP contribution in [0.1, 0.15) is 12.8 Å². The predicted molar refractivity (Wildman–Crippen MR) is 62.4 cm³/mol. The maximum Gasteiger partial charge on any atom is 0.210 e. The van der Waals surface area contributed by atoms with Crippen molar-refractivity contribution < 1.29 is 0 Å². The van der Waals surface area contributed by atoms with Crippen LogP contribution in [-0.2, 0) is 0 Å². The van der Waals surface area contributed by atoms with Crippen molar-refractivity contribution in [3.8, 4) is 0 Å². The van der Waals surface area contributed by atoms with Crippen LogP contribution < -0.4 is 16.6 Å². The molecule has 4 nitrogen and oxygen atoms in total. The number of hydrogen-bond donors (Lipinski definition) is 3. The van der Waals surface area contributed by atoms with Gasteiger partial charge in [0, 0.05) is 12.2 Å². The van der Waals surface area contributed by atoms with Crippen molar-refractivity contribution >= 4 is 11.6 Å². The summed E-state index contributed by atoms with van der Waals surface area (Å²) >= 11 is 0. The van der Waals surface area contributed by atoms with E-state index in [1.165, 1.54) is 12.8 Å². The standard InChI is InChI=1S/C11H16N4/c12-15-11(13-8-9-6-7-9)14-10-4-2-1-3-5-10/h1-5,9H,6-8,12H2,(H2,13,14,15). The fraction of sp³-hybridized carbons (Fsp3) is 0.364. The van der Waals surface area contributed by atoms with E-state index in [0.717, 1.165) is 18.2 Å². The van der Waals surface area contributed by atoms with E-state index in [2.05, 4.69) is 15.7 Å². The van der Waals surface area contributed by atoms with Crippen molar-refractivity contribution in [2.45, 2.75) is 12.8 Å². The summed E-state index contributed by atoms with van der Waals surface area (Å²) in [5, 5.41) is 3.13. The fourth-order valence-corrected chi connectivity index (χ4v) is 1.30. The van der Waals surface area contributed by atoms with Crippen LogP contribution in [0, 0.1) is 5.92 Å². The van der Waals surface area contributed by atoms with Crippen LogP contribution in [0.3, 0.4) is 0 Å². The summed E-state index contributed by atoms with van der Waals surface area (Å²) in [5.74, 6) is 6.79. The number of anilines is 1. The van der Waals surface area contributed by atoms with E-state index >= 15 is 0 Å². The van der Waals surface area contributed by atoms with E-state index in [1.54, 1.807) is 0 Å². The van der Waals surface area contributed by atoms with Gasteiger partial charge in [-0.1, -0.05) is 18.2 Å². The van der Waals surface area contributed by atoms with Gasteiger partial charge in [0.1, 0.15) is 0 Å². The van der Waals surface area contributed by atoms with Gasteiger partial charge < -0.3 is 5.32 Å². The Hall–Kier alpha value is -1.55. The predicted octanol–water partition coefficient (Wildman–Crippen LogP) is 1.33. The zero-order chi connectivity index (χ0) is 10.5. The minimum atomic E-state index is 0.633. The second-order valence-electron chi connectivity index (χ2n) is 3.77. The number of nitrogens with one attached hydrogen (secondary N) is 2. The summed E-state index contributed by atoms with van der Waals surface area (Å²) in [6, 6.07) is 9.87. The lowest BCUT2D eigenvalue weighted by molar-refractivity contribution is 0.835. The quantitative estimate of drug-likeness (QED) is 0.301. The lowest BCUT2D eigenvalue weighted by Gasteiger charge is -2.08. The topological polar surface area (TPSA) is 62.4 Å². The summed E-state index contributed by atoms with van der Waals surface area (Å²) in [5.41, 5.74) is 3.56. The minimum absolute atomic E-state index is 0.633. The molecule has 2 rings (SSSR count). The third-order valence-electron chi connectivity index (χ3n) is 2.38. The highest BCUT2D eigenvalue weighted by atomic mass is 15.3. The van der Waals surface area contributed by atoms with Crippen LogP contribution in [-0.4, -0.2) is 12.5 Å². The van der Waals surface area contributed by atoms with Crippen LogP contribution in [0.2, 0.25) is 0 Å². The summed E-state index contributed by atoms with van der Waals surface area (Å²) in [7, 11) is 0. The van der Waals surface area contributed by atoms with Crippen LogP contribution in [0.4, 0.5) is 5.69 Å². The highest BCUT2D eigenvalue weighted by Gasteiger charge is 2.20. The molecule has 1 aromatic carbocycles. The molecule has 0 saturated heterocycles. The number of nitrogens with two attached hydrogens (primary N) is 1. The molecule has 1 aliphatic carbocycles. The molecular formula is C11H16N4. The molecule has 1 saturated carbocycles. The van der Waals surface area contributed by atoms with Crippen molar-refractivity contribution in [2.24, 2.45) is 16.8 Å². The van der Waals surface area contributed by atoms with Gasteiger partial charge in [0.05, 0.1) is 0 Å². The first-order valence-corrected chi connectivity index (χ1v) is 5.21. The molecule has 0 atom stereocenters. The van der Waals surface area contributed by atoms with Crippen LogP contribution >= 0.6 is 0 Å². The smallest absolute Gasteiger partial charge is 0.210 e. The van der Waals surface area contributed by atoms with Gasteiger partial charge >= 0.3 is 0 Å². The van der Waals surface area contributed by atoms with Crippen molar-refractivity contribution in [3.63, 3.8) is 0 Å². The van der Waals surface area contributed by atoms with Crippen LogP contribution in [0.5, 0.6) is 0 Å². The molecule has 1 fully saturated rings. The van der Waals surface area contributed by atoms with Gasteiger partial charge in [0.15, 0.2) is 0 Å². The number of rotatable bonds is 3. The first kappa shape index (κ1) is 9.98. The summed E-state index contributed by atoms with van der Waals surface area (Å²) in [4.78, 5) is 4.37. The van der Waals surface area contributed by atoms with E-state index in [9.17, 15) is 0 Å². The summed E-state index contributed by atoms with van der Waals surface area (Å²) in [6.45, 7) is 0.860. The number of aliphatic imine (C=N–C) groups is 1. The number of guanidine groups is 1. The van der Waals surface area contributed by atoms with E-state index in [0.29, 0.717) is 5.96 Å². The molecular weight excluding hydrogens is 188 g/mol. The van der Waals surface area contributed by atoms with Crippen molar-refractivity contribution in [1.29, 1.82) is 0 Å². The van der Waals surface area contributed by atoms with Gasteiger partial charge in [0.25, 0.3) is 0 Å². The first-order valence-electron chi connectivity index (χ1n) is 5.21. The Bertz CT molecular complexity index is 330. The Balaban J connectivity index is 1.92. The van der Waals surface area contributed by atoms with Gasteiger partial charge in [0.2, 0.25) is 5.96 Å². The Morgan fingerprint density at radius 3 is 2.67 bits per heavy atom. The maximum atomic E-state index is 5.38. The average Bonchev–Trinajstić information content (AvgIpc) is 3.09. The molecule has 80 valence electrons. The SMILES string of the molecule is NNC(=NCC1CC1)Nc1ccccc1. The zero-order valence-electron chi connectivity index (χ0n) is 8.61. The number of hydrazine groups is 1. The fourth-order valence-electron chi connectivity index (χ4n) is 1.30. The molecule has 0 amide bonds. The molecule has 0 aliphatic heterocycles. The number of hydrogen-bond acceptors (Lipinski definition) is 2. The van der Waals surface area contributed by atoms with E-state index in [4.69, 9.17) is 5.84 Å². The Kier molecular flexibility index (Phi) is 3.19. The molecule has 0 bridgehead atoms. The van der Waals surface area contributed by atoms with Crippen LogP contribution in [0.15, 0.2) is 35.3 Å². The molecule has 4 heteroatoms. The Morgan fingerprint density at radius 2 is 2.07 bits per heavy atom. The normalized spacial score (nSPS) is 16.2. The number of para-hydroxylation sites is 1. The molecule has 0 unspecified atom stereocenters. The molecule has 1 aromatic rings. The average molecular weight is 204 g/mol. The van der Waals surface area contributed by atoms with E-state index in [-0.39, 0.29) is 0 Å². The molecule has 0 spiro atoms. The second-order valence-corrected chi connectivity index (χ2v) is 3.77. The Morgan fingerprint density at radius 1 is 1.33 bits per heavy atom. The van der Waals surface area contributed by atoms with Gasteiger partial charge in [-0.15, -0.1) is 0 Å². The van der Waals surface area contributed by atoms with Gasteiger partial charge in [-0.05, 0) is 30.9 Å². The highest BCUT2D eigenvalue weighted by molar-refractivity contribution is 5.93. The lowest BCUT2D eigenvalue weighted by atomic mass is 10.3. The van der Waals surface area contributed by atoms with Crippen molar-refractivity contribution in [1.82, 2.24) is 5.43 Å². The maximum absolute atomic E-state index is 5.38. The third-order valence-corrected chi connectivity index (χ3v) is 2.38. The van der Waals surface area contributed by atoms with E-state index in [1.807, 2.05) is 30.3 Å². The Labute approximate surface area is 89.6 Å². The lowest BCUT2D eigenvalue weighted by Crippen LogP contribution is -2.36. The largest absolute Gasteiger partial charge is 0.325 e. The molecule has 15 heavy (non-hydrogen) atoms. The number of benzene rings is 1. The van der Waals surface area contributed by atoms with E-state index < -0.39 is 0 Å². The third kappa shape index (κ3) is 3.25. The zero-order valence-corrected chi connectivity index (χ0v) is 8.61. The van der Waals surface area contributed by atoms with Crippen molar-refractivity contribution in [2.75, 3.05) is 11.9 Å². The molecule has 0 heterocycles. The summed E-state index contributed by atoms with van der Waals surface area (Å²) < 4.78 is 0. The molecule has 0 aromatic heterocycles. The summed E-state index contributed by atoms with van der Waals surface area (Å²) in [6.07, 6.45) is 2.60. The monoisotopic (exact) mass is 204 g/mol. The van der Waals surface area contributed by atoms with Crippen molar-refractivity contribution in [3.05, 3.63) is 30.3 Å².